The van der Waals surface area contributed by atoms with Crippen molar-refractivity contribution in [2.75, 3.05) is 7.11 Å². The van der Waals surface area contributed by atoms with Crippen LogP contribution in [0.1, 0.15) is 26.3 Å². The molecule has 1 aromatic rings. The number of nitrogens with two attached hydrogens (primary N) is 1. The molecule has 0 aliphatic rings. The third-order valence-corrected chi connectivity index (χ3v) is 3.46. The number of ether oxygens (including phenoxy) is 1. The quantitative estimate of drug-likeness (QED) is 0.922. The summed E-state index contributed by atoms with van der Waals surface area (Å²) in [6.45, 7) is 6.21. The van der Waals surface area contributed by atoms with Gasteiger partial charge in [0.25, 0.3) is 0 Å². The summed E-state index contributed by atoms with van der Waals surface area (Å²) in [6, 6.07) is 4.81. The largest absolute Gasteiger partial charge is 0.379 e. The van der Waals surface area contributed by atoms with E-state index in [2.05, 4.69) is 36.7 Å². The highest BCUT2D eigenvalue weighted by atomic mass is 79.9. The molecule has 2 atom stereocenters. The van der Waals surface area contributed by atoms with Crippen LogP contribution in [0.5, 0.6) is 0 Å². The van der Waals surface area contributed by atoms with E-state index in [0.29, 0.717) is 12.0 Å². The molecule has 1 rings (SSSR count). The first kappa shape index (κ1) is 15.6. The van der Waals surface area contributed by atoms with E-state index in [1.54, 1.807) is 13.2 Å². The van der Waals surface area contributed by atoms with Gasteiger partial charge in [0.1, 0.15) is 5.82 Å². The summed E-state index contributed by atoms with van der Waals surface area (Å²) in [6.07, 6.45) is 0.357. The Morgan fingerprint density at radius 3 is 2.44 bits per heavy atom. The predicted molar refractivity (Wildman–Crippen MR) is 76.0 cm³/mol. The Labute approximate surface area is 117 Å². The van der Waals surface area contributed by atoms with Crippen LogP contribution in [0.25, 0.3) is 0 Å². The van der Waals surface area contributed by atoms with Crippen molar-refractivity contribution in [2.45, 2.75) is 39.3 Å². The molecule has 0 aliphatic carbocycles. The number of hydrogen-bond donors (Lipinski definition) is 1. The Kier molecular flexibility index (Phi) is 5.32. The van der Waals surface area contributed by atoms with Crippen molar-refractivity contribution in [3.8, 4) is 0 Å². The van der Waals surface area contributed by atoms with Crippen molar-refractivity contribution < 1.29 is 9.13 Å². The molecule has 2 N–H and O–H groups in total. The third kappa shape index (κ3) is 4.04. The highest BCUT2D eigenvalue weighted by molar-refractivity contribution is 9.10. The van der Waals surface area contributed by atoms with Gasteiger partial charge in [-0.3, -0.25) is 0 Å². The maximum Gasteiger partial charge on any atom is 0.127 e. The van der Waals surface area contributed by atoms with Crippen LogP contribution >= 0.6 is 15.9 Å². The maximum absolute atomic E-state index is 13.7. The molecule has 4 heteroatoms. The van der Waals surface area contributed by atoms with Crippen molar-refractivity contribution >= 4 is 15.9 Å². The number of benzene rings is 1. The summed E-state index contributed by atoms with van der Waals surface area (Å²) >= 11 is 3.24. The molecule has 0 amide bonds. The van der Waals surface area contributed by atoms with E-state index in [-0.39, 0.29) is 23.4 Å². The summed E-state index contributed by atoms with van der Waals surface area (Å²) in [5, 5.41) is 0. The average molecular weight is 318 g/mol. The first-order chi connectivity index (χ1) is 8.25. The summed E-state index contributed by atoms with van der Waals surface area (Å²) in [7, 11) is 1.65. The number of halogens is 2. The summed E-state index contributed by atoms with van der Waals surface area (Å²) in [4.78, 5) is 0. The SMILES string of the molecule is COC(C(N)Cc1ccc(Br)cc1F)C(C)(C)C. The topological polar surface area (TPSA) is 35.2 Å². The Morgan fingerprint density at radius 2 is 2.00 bits per heavy atom. The molecule has 0 spiro atoms. The molecule has 102 valence electrons. The van der Waals surface area contributed by atoms with Crippen molar-refractivity contribution in [1.82, 2.24) is 0 Å². The van der Waals surface area contributed by atoms with E-state index in [4.69, 9.17) is 10.5 Å². The average Bonchev–Trinajstić information content (AvgIpc) is 2.21. The molecule has 0 saturated carbocycles. The number of methoxy groups -OCH3 is 1. The molecule has 18 heavy (non-hydrogen) atoms. The van der Waals surface area contributed by atoms with Crippen LogP contribution in [0.15, 0.2) is 22.7 Å². The monoisotopic (exact) mass is 317 g/mol. The normalized spacial score (nSPS) is 15.5. The Bertz CT molecular complexity index is 403. The van der Waals surface area contributed by atoms with Crippen LogP contribution in [0.2, 0.25) is 0 Å². The fourth-order valence-corrected chi connectivity index (χ4v) is 2.55. The van der Waals surface area contributed by atoms with Crippen LogP contribution in [-0.4, -0.2) is 19.3 Å². The van der Waals surface area contributed by atoms with Crippen LogP contribution in [-0.2, 0) is 11.2 Å². The molecule has 0 heterocycles. The van der Waals surface area contributed by atoms with E-state index < -0.39 is 0 Å². The second kappa shape index (κ2) is 6.13. The van der Waals surface area contributed by atoms with E-state index in [0.717, 1.165) is 4.47 Å². The van der Waals surface area contributed by atoms with Gasteiger partial charge in [-0.1, -0.05) is 42.8 Å². The van der Waals surface area contributed by atoms with E-state index >= 15 is 0 Å². The molecular weight excluding hydrogens is 297 g/mol. The fourth-order valence-electron chi connectivity index (χ4n) is 2.22. The lowest BCUT2D eigenvalue weighted by Crippen LogP contribution is -2.46. The smallest absolute Gasteiger partial charge is 0.127 e. The fraction of sp³-hybridized carbons (Fsp3) is 0.571. The molecule has 0 bridgehead atoms. The summed E-state index contributed by atoms with van der Waals surface area (Å²) in [5.41, 5.74) is 6.70. The van der Waals surface area contributed by atoms with Gasteiger partial charge in [0.15, 0.2) is 0 Å². The van der Waals surface area contributed by atoms with Crippen molar-refractivity contribution in [2.24, 2.45) is 11.1 Å². The first-order valence-corrected chi connectivity index (χ1v) is 6.77. The first-order valence-electron chi connectivity index (χ1n) is 5.98. The second-order valence-electron chi connectivity index (χ2n) is 5.63. The van der Waals surface area contributed by atoms with Crippen LogP contribution < -0.4 is 5.73 Å². The van der Waals surface area contributed by atoms with Gasteiger partial charge < -0.3 is 10.5 Å². The third-order valence-electron chi connectivity index (χ3n) is 2.97. The minimum atomic E-state index is -0.233. The lowest BCUT2D eigenvalue weighted by atomic mass is 9.83. The highest BCUT2D eigenvalue weighted by Crippen LogP contribution is 2.26. The second-order valence-corrected chi connectivity index (χ2v) is 6.54. The number of rotatable bonds is 4. The minimum absolute atomic E-state index is 0.0694. The van der Waals surface area contributed by atoms with Gasteiger partial charge in [-0.2, -0.15) is 0 Å². The molecule has 2 nitrogen and oxygen atoms in total. The zero-order valence-electron chi connectivity index (χ0n) is 11.3. The van der Waals surface area contributed by atoms with Gasteiger partial charge in [-0.05, 0) is 29.5 Å². The molecule has 0 fully saturated rings. The van der Waals surface area contributed by atoms with Crippen LogP contribution in [0, 0.1) is 11.2 Å². The lowest BCUT2D eigenvalue weighted by Gasteiger charge is -2.34. The van der Waals surface area contributed by atoms with E-state index in [1.807, 2.05) is 6.07 Å². The van der Waals surface area contributed by atoms with Gasteiger partial charge in [0, 0.05) is 17.6 Å². The summed E-state index contributed by atoms with van der Waals surface area (Å²) in [5.74, 6) is -0.233. The van der Waals surface area contributed by atoms with E-state index in [9.17, 15) is 4.39 Å². The summed E-state index contributed by atoms with van der Waals surface area (Å²) < 4.78 is 19.9. The van der Waals surface area contributed by atoms with Crippen molar-refractivity contribution in [3.05, 3.63) is 34.1 Å². The van der Waals surface area contributed by atoms with Crippen molar-refractivity contribution in [1.29, 1.82) is 0 Å². The molecular formula is C14H21BrFNO. The zero-order chi connectivity index (χ0) is 13.9. The van der Waals surface area contributed by atoms with Crippen LogP contribution in [0.3, 0.4) is 0 Å². The van der Waals surface area contributed by atoms with Crippen LogP contribution in [0.4, 0.5) is 4.39 Å². The number of hydrogen-bond acceptors (Lipinski definition) is 2. The molecule has 0 aliphatic heterocycles. The van der Waals surface area contributed by atoms with Gasteiger partial charge in [0.2, 0.25) is 0 Å². The van der Waals surface area contributed by atoms with Gasteiger partial charge >= 0.3 is 0 Å². The molecule has 0 saturated heterocycles. The van der Waals surface area contributed by atoms with Gasteiger partial charge in [-0.15, -0.1) is 0 Å². The van der Waals surface area contributed by atoms with Gasteiger partial charge in [0.05, 0.1) is 6.10 Å². The lowest BCUT2D eigenvalue weighted by molar-refractivity contribution is -0.00180. The minimum Gasteiger partial charge on any atom is -0.379 e. The Hall–Kier alpha value is -0.450. The van der Waals surface area contributed by atoms with E-state index in [1.165, 1.54) is 6.07 Å². The molecule has 2 unspecified atom stereocenters. The van der Waals surface area contributed by atoms with Gasteiger partial charge in [-0.25, -0.2) is 4.39 Å². The molecule has 0 aromatic heterocycles. The van der Waals surface area contributed by atoms with Crippen molar-refractivity contribution in [3.63, 3.8) is 0 Å². The Balaban J connectivity index is 2.83. The zero-order valence-corrected chi connectivity index (χ0v) is 12.9. The predicted octanol–water partition coefficient (Wildman–Crippen LogP) is 3.52. The maximum atomic E-state index is 13.7. The molecule has 1 aromatic carbocycles. The highest BCUT2D eigenvalue weighted by Gasteiger charge is 2.30. The molecule has 0 radical (unpaired) electrons. The standard InChI is InChI=1S/C14H21BrFNO/c1-14(2,3)13(18-4)12(17)7-9-5-6-10(15)8-11(9)16/h5-6,8,12-13H,7,17H2,1-4H3. The Morgan fingerprint density at radius 1 is 1.39 bits per heavy atom.